The molecule has 1 rings (SSSR count). The lowest BCUT2D eigenvalue weighted by atomic mass is 10.2. The molecule has 1 aromatic rings. The number of primary amides is 1. The first-order valence-corrected chi connectivity index (χ1v) is 5.30. The van der Waals surface area contributed by atoms with Gasteiger partial charge in [0.15, 0.2) is 11.5 Å². The first-order valence-electron chi connectivity index (χ1n) is 5.30. The Labute approximate surface area is 99.5 Å². The fourth-order valence-electron chi connectivity index (χ4n) is 1.25. The highest BCUT2D eigenvalue weighted by Gasteiger charge is 2.06. The molecule has 5 heteroatoms. The van der Waals surface area contributed by atoms with Crippen LogP contribution in [0.3, 0.4) is 0 Å². The largest absolute Gasteiger partial charge is 0.490 e. The second kappa shape index (κ2) is 6.52. The van der Waals surface area contributed by atoms with Crippen LogP contribution in [0.5, 0.6) is 11.5 Å². The van der Waals surface area contributed by atoms with E-state index >= 15 is 0 Å². The van der Waals surface area contributed by atoms with Crippen molar-refractivity contribution in [2.45, 2.75) is 13.3 Å². The van der Waals surface area contributed by atoms with E-state index in [4.69, 9.17) is 15.2 Å². The van der Waals surface area contributed by atoms with Crippen molar-refractivity contribution in [1.82, 2.24) is 0 Å². The molecule has 0 bridgehead atoms. The van der Waals surface area contributed by atoms with Crippen molar-refractivity contribution < 1.29 is 19.1 Å². The van der Waals surface area contributed by atoms with Gasteiger partial charge in [0.05, 0.1) is 19.6 Å². The van der Waals surface area contributed by atoms with Crippen LogP contribution in [0.25, 0.3) is 0 Å². The van der Waals surface area contributed by atoms with Crippen molar-refractivity contribution in [3.63, 3.8) is 0 Å². The molecule has 2 N–H and O–H groups in total. The number of rotatable bonds is 7. The summed E-state index contributed by atoms with van der Waals surface area (Å²) < 4.78 is 10.7. The van der Waals surface area contributed by atoms with Gasteiger partial charge in [0.2, 0.25) is 5.91 Å². The molecule has 0 aliphatic rings. The summed E-state index contributed by atoms with van der Waals surface area (Å²) in [7, 11) is 0. The Kier molecular flexibility index (Phi) is 5.00. The van der Waals surface area contributed by atoms with E-state index in [1.54, 1.807) is 18.2 Å². The van der Waals surface area contributed by atoms with Gasteiger partial charge in [-0.15, -0.1) is 0 Å². The normalized spacial score (nSPS) is 9.71. The molecule has 92 valence electrons. The van der Waals surface area contributed by atoms with Crippen molar-refractivity contribution in [2.24, 2.45) is 5.73 Å². The molecule has 0 spiro atoms. The molecule has 0 aliphatic heterocycles. The molecule has 0 heterocycles. The molecule has 0 radical (unpaired) electrons. The molecule has 5 nitrogen and oxygen atoms in total. The molecule has 0 saturated heterocycles. The molecule has 0 fully saturated rings. The van der Waals surface area contributed by atoms with Gasteiger partial charge in [-0.2, -0.15) is 0 Å². The number of hydrogen-bond acceptors (Lipinski definition) is 4. The van der Waals surface area contributed by atoms with E-state index in [2.05, 4.69) is 0 Å². The van der Waals surface area contributed by atoms with Crippen LogP contribution in [0.4, 0.5) is 0 Å². The SMILES string of the molecule is CCOc1cc(C=O)ccc1OCCC(N)=O. The van der Waals surface area contributed by atoms with Gasteiger partial charge < -0.3 is 15.2 Å². The van der Waals surface area contributed by atoms with Crippen LogP contribution in [-0.2, 0) is 4.79 Å². The van der Waals surface area contributed by atoms with Crippen LogP contribution in [0, 0.1) is 0 Å². The smallest absolute Gasteiger partial charge is 0.220 e. The van der Waals surface area contributed by atoms with E-state index in [0.717, 1.165) is 6.29 Å². The predicted molar refractivity (Wildman–Crippen MR) is 62.3 cm³/mol. The molecule has 0 atom stereocenters. The van der Waals surface area contributed by atoms with Gasteiger partial charge in [0, 0.05) is 5.56 Å². The molecule has 17 heavy (non-hydrogen) atoms. The standard InChI is InChI=1S/C12H15NO4/c1-2-16-11-7-9(8-14)3-4-10(11)17-6-5-12(13)15/h3-4,7-8H,2,5-6H2,1H3,(H2,13,15). The number of ether oxygens (including phenoxy) is 2. The van der Waals surface area contributed by atoms with Crippen LogP contribution in [0.1, 0.15) is 23.7 Å². The quantitative estimate of drug-likeness (QED) is 0.721. The number of carbonyl (C=O) groups excluding carboxylic acids is 2. The maximum absolute atomic E-state index is 10.6. The fourth-order valence-corrected chi connectivity index (χ4v) is 1.25. The van der Waals surface area contributed by atoms with Gasteiger partial charge in [-0.3, -0.25) is 9.59 Å². The number of amides is 1. The number of aldehydes is 1. The predicted octanol–water partition coefficient (Wildman–Crippen LogP) is 1.15. The van der Waals surface area contributed by atoms with E-state index in [0.29, 0.717) is 23.7 Å². The summed E-state index contributed by atoms with van der Waals surface area (Å²) in [6, 6.07) is 4.85. The lowest BCUT2D eigenvalue weighted by molar-refractivity contribution is -0.118. The Bertz CT molecular complexity index is 403. The van der Waals surface area contributed by atoms with Gasteiger partial charge in [0.1, 0.15) is 6.29 Å². The first kappa shape index (κ1) is 13.0. The zero-order valence-corrected chi connectivity index (χ0v) is 9.64. The van der Waals surface area contributed by atoms with Crippen molar-refractivity contribution in [3.05, 3.63) is 23.8 Å². The Morgan fingerprint density at radius 3 is 2.71 bits per heavy atom. The van der Waals surface area contributed by atoms with E-state index in [-0.39, 0.29) is 13.0 Å². The van der Waals surface area contributed by atoms with Crippen LogP contribution in [-0.4, -0.2) is 25.4 Å². The van der Waals surface area contributed by atoms with E-state index < -0.39 is 5.91 Å². The molecule has 1 amide bonds. The van der Waals surface area contributed by atoms with Gasteiger partial charge in [-0.1, -0.05) is 0 Å². The third-order valence-electron chi connectivity index (χ3n) is 2.01. The first-order chi connectivity index (χ1) is 8.17. The number of carbonyl (C=O) groups is 2. The maximum atomic E-state index is 10.6. The van der Waals surface area contributed by atoms with E-state index in [9.17, 15) is 9.59 Å². The topological polar surface area (TPSA) is 78.6 Å². The van der Waals surface area contributed by atoms with Crippen molar-refractivity contribution in [2.75, 3.05) is 13.2 Å². The molecule has 0 saturated carbocycles. The Hall–Kier alpha value is -2.04. The van der Waals surface area contributed by atoms with Crippen LogP contribution < -0.4 is 15.2 Å². The van der Waals surface area contributed by atoms with Crippen molar-refractivity contribution >= 4 is 12.2 Å². The van der Waals surface area contributed by atoms with Gasteiger partial charge >= 0.3 is 0 Å². The summed E-state index contributed by atoms with van der Waals surface area (Å²) in [6.07, 6.45) is 0.872. The summed E-state index contributed by atoms with van der Waals surface area (Å²) in [5, 5.41) is 0. The monoisotopic (exact) mass is 237 g/mol. The summed E-state index contributed by atoms with van der Waals surface area (Å²) in [5.74, 6) is 0.563. The highest BCUT2D eigenvalue weighted by atomic mass is 16.5. The van der Waals surface area contributed by atoms with Crippen LogP contribution in [0.2, 0.25) is 0 Å². The minimum absolute atomic E-state index is 0.140. The lowest BCUT2D eigenvalue weighted by Gasteiger charge is -2.11. The van der Waals surface area contributed by atoms with E-state index in [1.165, 1.54) is 0 Å². The van der Waals surface area contributed by atoms with E-state index in [1.807, 2.05) is 6.92 Å². The maximum Gasteiger partial charge on any atom is 0.220 e. The average Bonchev–Trinajstić information content (AvgIpc) is 2.31. The second-order valence-electron chi connectivity index (χ2n) is 3.32. The molecular weight excluding hydrogens is 222 g/mol. The van der Waals surface area contributed by atoms with Crippen molar-refractivity contribution in [3.8, 4) is 11.5 Å². The van der Waals surface area contributed by atoms with Gasteiger partial charge in [-0.05, 0) is 25.1 Å². The number of nitrogens with two attached hydrogens (primary N) is 1. The Morgan fingerprint density at radius 2 is 2.12 bits per heavy atom. The molecule has 0 aliphatic carbocycles. The Balaban J connectivity index is 2.75. The Morgan fingerprint density at radius 1 is 1.35 bits per heavy atom. The van der Waals surface area contributed by atoms with Gasteiger partial charge in [-0.25, -0.2) is 0 Å². The molecule has 1 aromatic carbocycles. The fraction of sp³-hybridized carbons (Fsp3) is 0.333. The summed E-state index contributed by atoms with van der Waals surface area (Å²) >= 11 is 0. The zero-order chi connectivity index (χ0) is 12.7. The molecular formula is C12H15NO4. The third-order valence-corrected chi connectivity index (χ3v) is 2.01. The average molecular weight is 237 g/mol. The molecule has 0 aromatic heterocycles. The van der Waals surface area contributed by atoms with Crippen LogP contribution in [0.15, 0.2) is 18.2 Å². The third kappa shape index (κ3) is 4.14. The zero-order valence-electron chi connectivity index (χ0n) is 9.64. The minimum Gasteiger partial charge on any atom is -0.490 e. The summed E-state index contributed by atoms with van der Waals surface area (Å²) in [6.45, 7) is 2.49. The summed E-state index contributed by atoms with van der Waals surface area (Å²) in [5.41, 5.74) is 5.51. The second-order valence-corrected chi connectivity index (χ2v) is 3.32. The number of benzene rings is 1. The highest BCUT2D eigenvalue weighted by Crippen LogP contribution is 2.28. The number of hydrogen-bond donors (Lipinski definition) is 1. The lowest BCUT2D eigenvalue weighted by Crippen LogP contribution is -2.14. The van der Waals surface area contributed by atoms with Crippen molar-refractivity contribution in [1.29, 1.82) is 0 Å². The summed E-state index contributed by atoms with van der Waals surface area (Å²) in [4.78, 5) is 21.2. The van der Waals surface area contributed by atoms with Gasteiger partial charge in [0.25, 0.3) is 0 Å². The van der Waals surface area contributed by atoms with Crippen LogP contribution >= 0.6 is 0 Å². The molecule has 0 unspecified atom stereocenters. The minimum atomic E-state index is -0.424. The highest BCUT2D eigenvalue weighted by molar-refractivity contribution is 5.76.